The van der Waals surface area contributed by atoms with Gasteiger partial charge in [0.05, 0.1) is 11.4 Å². The van der Waals surface area contributed by atoms with E-state index < -0.39 is 0 Å². The Morgan fingerprint density at radius 2 is 1.96 bits per heavy atom. The predicted octanol–water partition coefficient (Wildman–Crippen LogP) is 5.60. The number of imide groups is 1. The van der Waals surface area contributed by atoms with E-state index in [1.165, 1.54) is 4.90 Å². The molecule has 0 aliphatic carbocycles. The Bertz CT molecular complexity index is 829. The van der Waals surface area contributed by atoms with Crippen LogP contribution in [0, 0.1) is 6.92 Å². The van der Waals surface area contributed by atoms with Crippen molar-refractivity contribution in [3.63, 3.8) is 0 Å². The van der Waals surface area contributed by atoms with Gasteiger partial charge in [-0.3, -0.25) is 14.5 Å². The highest BCUT2D eigenvalue weighted by Gasteiger charge is 2.35. The van der Waals surface area contributed by atoms with Crippen LogP contribution in [0.4, 0.5) is 4.79 Å². The third-order valence-electron chi connectivity index (χ3n) is 3.25. The minimum atomic E-state index is -0.294. The normalized spacial score (nSPS) is 16.7. The molecular formula is C16H11Cl2NO2S2. The van der Waals surface area contributed by atoms with Crippen molar-refractivity contribution in [1.82, 2.24) is 4.90 Å². The molecule has 1 fully saturated rings. The van der Waals surface area contributed by atoms with E-state index in [-0.39, 0.29) is 17.7 Å². The highest BCUT2D eigenvalue weighted by Crippen LogP contribution is 2.35. The molecule has 0 N–H and O–H groups in total. The number of nitrogens with zero attached hydrogens (tertiary/aromatic N) is 1. The number of carbonyl (C=O) groups is 2. The molecule has 118 valence electrons. The van der Waals surface area contributed by atoms with Gasteiger partial charge in [-0.15, -0.1) is 11.3 Å². The molecule has 0 saturated carbocycles. The third kappa shape index (κ3) is 3.63. The summed E-state index contributed by atoms with van der Waals surface area (Å²) >= 11 is 14.5. The monoisotopic (exact) mass is 383 g/mol. The molecule has 0 bridgehead atoms. The van der Waals surface area contributed by atoms with Crippen LogP contribution in [-0.2, 0) is 11.3 Å². The molecular weight excluding hydrogens is 373 g/mol. The Labute approximate surface area is 151 Å². The fourth-order valence-electron chi connectivity index (χ4n) is 2.12. The molecule has 0 spiro atoms. The van der Waals surface area contributed by atoms with Crippen LogP contribution < -0.4 is 0 Å². The van der Waals surface area contributed by atoms with Crippen LogP contribution in [0.5, 0.6) is 0 Å². The maximum Gasteiger partial charge on any atom is 0.293 e. The lowest BCUT2D eigenvalue weighted by Crippen LogP contribution is -2.27. The summed E-state index contributed by atoms with van der Waals surface area (Å²) in [6.45, 7) is 2.14. The molecule has 1 aliphatic rings. The zero-order chi connectivity index (χ0) is 16.6. The zero-order valence-corrected chi connectivity index (χ0v) is 15.2. The van der Waals surface area contributed by atoms with E-state index in [0.717, 1.165) is 21.5 Å². The second kappa shape index (κ2) is 6.69. The van der Waals surface area contributed by atoms with Gasteiger partial charge >= 0.3 is 0 Å². The molecule has 2 amide bonds. The lowest BCUT2D eigenvalue weighted by atomic mass is 10.2. The number of rotatable bonds is 3. The van der Waals surface area contributed by atoms with Gasteiger partial charge in [0.25, 0.3) is 11.1 Å². The molecule has 1 aliphatic heterocycles. The van der Waals surface area contributed by atoms with Crippen molar-refractivity contribution < 1.29 is 9.59 Å². The largest absolute Gasteiger partial charge is 0.293 e. The number of thioether (sulfide) groups is 1. The molecule has 1 aromatic carbocycles. The van der Waals surface area contributed by atoms with Gasteiger partial charge < -0.3 is 0 Å². The summed E-state index contributed by atoms with van der Waals surface area (Å²) < 4.78 is 0. The summed E-state index contributed by atoms with van der Waals surface area (Å²) in [5.74, 6) is -0.294. The first-order chi connectivity index (χ1) is 10.9. The van der Waals surface area contributed by atoms with Crippen LogP contribution in [0.15, 0.2) is 35.2 Å². The van der Waals surface area contributed by atoms with Gasteiger partial charge in [-0.1, -0.05) is 29.3 Å². The van der Waals surface area contributed by atoms with Crippen molar-refractivity contribution in [2.75, 3.05) is 0 Å². The van der Waals surface area contributed by atoms with Crippen molar-refractivity contribution in [2.45, 2.75) is 13.5 Å². The smallest absolute Gasteiger partial charge is 0.268 e. The zero-order valence-electron chi connectivity index (χ0n) is 12.0. The molecule has 1 aromatic heterocycles. The van der Waals surface area contributed by atoms with Crippen LogP contribution in [0.25, 0.3) is 6.08 Å². The quantitative estimate of drug-likeness (QED) is 0.647. The van der Waals surface area contributed by atoms with Crippen LogP contribution in [0.3, 0.4) is 0 Å². The molecule has 2 heterocycles. The van der Waals surface area contributed by atoms with E-state index in [9.17, 15) is 9.59 Å². The van der Waals surface area contributed by atoms with E-state index in [1.807, 2.05) is 19.1 Å². The molecule has 7 heteroatoms. The fraction of sp³-hybridized carbons (Fsp3) is 0.125. The Hall–Kier alpha value is -1.27. The number of hydrogen-bond donors (Lipinski definition) is 0. The van der Waals surface area contributed by atoms with Gasteiger partial charge in [-0.2, -0.15) is 0 Å². The second-order valence-corrected chi connectivity index (χ2v) is 8.11. The van der Waals surface area contributed by atoms with Gasteiger partial charge in [0, 0.05) is 19.8 Å². The van der Waals surface area contributed by atoms with Crippen molar-refractivity contribution in [2.24, 2.45) is 0 Å². The number of thiophene rings is 1. The lowest BCUT2D eigenvalue weighted by molar-refractivity contribution is -0.123. The fourth-order valence-corrected chi connectivity index (χ4v) is 4.31. The summed E-state index contributed by atoms with van der Waals surface area (Å²) in [6, 6.07) is 8.92. The first kappa shape index (κ1) is 16.6. The highest BCUT2D eigenvalue weighted by molar-refractivity contribution is 8.18. The molecule has 0 unspecified atom stereocenters. The maximum atomic E-state index is 12.5. The van der Waals surface area contributed by atoms with Crippen LogP contribution in [-0.4, -0.2) is 16.0 Å². The second-order valence-electron chi connectivity index (χ2n) is 4.95. The molecule has 3 nitrogen and oxygen atoms in total. The Kier molecular flexibility index (Phi) is 4.82. The summed E-state index contributed by atoms with van der Waals surface area (Å²) in [6.07, 6.45) is 1.76. The number of carbonyl (C=O) groups excluding carboxylic acids is 2. The molecule has 2 aromatic rings. The van der Waals surface area contributed by atoms with Crippen molar-refractivity contribution in [1.29, 1.82) is 0 Å². The Morgan fingerprint density at radius 3 is 2.61 bits per heavy atom. The van der Waals surface area contributed by atoms with E-state index in [1.54, 1.807) is 35.6 Å². The number of aryl methyl sites for hydroxylation is 1. The van der Waals surface area contributed by atoms with Crippen LogP contribution >= 0.6 is 46.3 Å². The van der Waals surface area contributed by atoms with E-state index >= 15 is 0 Å². The number of benzene rings is 1. The van der Waals surface area contributed by atoms with Crippen LogP contribution in [0.1, 0.15) is 15.3 Å². The van der Waals surface area contributed by atoms with E-state index in [2.05, 4.69) is 0 Å². The molecule has 23 heavy (non-hydrogen) atoms. The van der Waals surface area contributed by atoms with Crippen molar-refractivity contribution >= 4 is 63.5 Å². The van der Waals surface area contributed by atoms with Gasteiger partial charge in [0.15, 0.2) is 0 Å². The van der Waals surface area contributed by atoms with E-state index in [4.69, 9.17) is 23.2 Å². The maximum absolute atomic E-state index is 12.5. The summed E-state index contributed by atoms with van der Waals surface area (Å²) in [5, 5.41) is 0.663. The molecule has 0 atom stereocenters. The lowest BCUT2D eigenvalue weighted by Gasteiger charge is -2.13. The number of amides is 2. The van der Waals surface area contributed by atoms with E-state index in [0.29, 0.717) is 20.5 Å². The Morgan fingerprint density at radius 1 is 1.17 bits per heavy atom. The first-order valence-corrected chi connectivity index (χ1v) is 9.08. The topological polar surface area (TPSA) is 37.4 Å². The summed E-state index contributed by atoms with van der Waals surface area (Å²) in [7, 11) is 0. The summed E-state index contributed by atoms with van der Waals surface area (Å²) in [4.78, 5) is 28.3. The molecule has 0 radical (unpaired) electrons. The third-order valence-corrected chi connectivity index (χ3v) is 5.69. The number of hydrogen-bond acceptors (Lipinski definition) is 4. The SMILES string of the molecule is Cc1ccc(/C=C2\SC(=O)N(Cc3ccc(Cl)cc3Cl)C2=O)s1. The van der Waals surface area contributed by atoms with Crippen LogP contribution in [0.2, 0.25) is 10.0 Å². The Balaban J connectivity index is 1.82. The predicted molar refractivity (Wildman–Crippen MR) is 97.0 cm³/mol. The highest BCUT2D eigenvalue weighted by atomic mass is 35.5. The van der Waals surface area contributed by atoms with Gasteiger partial charge in [-0.25, -0.2) is 0 Å². The molecule has 3 rings (SSSR count). The first-order valence-electron chi connectivity index (χ1n) is 6.70. The minimum Gasteiger partial charge on any atom is -0.268 e. The summed E-state index contributed by atoms with van der Waals surface area (Å²) in [5.41, 5.74) is 0.687. The average Bonchev–Trinajstić information content (AvgIpc) is 3.00. The van der Waals surface area contributed by atoms with Gasteiger partial charge in [0.2, 0.25) is 0 Å². The van der Waals surface area contributed by atoms with Crippen molar-refractivity contribution in [3.8, 4) is 0 Å². The average molecular weight is 384 g/mol. The minimum absolute atomic E-state index is 0.140. The van der Waals surface area contributed by atoms with Gasteiger partial charge in [-0.05, 0) is 54.6 Å². The number of halogens is 2. The standard InChI is InChI=1S/C16H11Cl2NO2S2/c1-9-2-5-12(22-9)7-14-15(20)19(16(21)23-14)8-10-3-4-11(17)6-13(10)18/h2-7H,8H2,1H3/b14-7-. The van der Waals surface area contributed by atoms with Gasteiger partial charge in [0.1, 0.15) is 0 Å². The molecule has 1 saturated heterocycles. The van der Waals surface area contributed by atoms with Crippen molar-refractivity contribution in [3.05, 3.63) is 60.6 Å².